The minimum absolute atomic E-state index is 0.133. The van der Waals surface area contributed by atoms with Gasteiger partial charge in [-0.25, -0.2) is 4.39 Å². The van der Waals surface area contributed by atoms with Gasteiger partial charge in [0, 0.05) is 19.8 Å². The van der Waals surface area contributed by atoms with Crippen molar-refractivity contribution in [3.8, 4) is 0 Å². The molecule has 0 radical (unpaired) electrons. The molecular formula is C16H24FNO. The van der Waals surface area contributed by atoms with E-state index in [1.54, 1.807) is 6.07 Å². The van der Waals surface area contributed by atoms with Gasteiger partial charge in [-0.1, -0.05) is 19.1 Å². The Balaban J connectivity index is 2.01. The summed E-state index contributed by atoms with van der Waals surface area (Å²) in [5.41, 5.74) is 1.12. The minimum Gasteiger partial charge on any atom is -0.381 e. The normalized spacial score (nSPS) is 18.4. The highest BCUT2D eigenvalue weighted by Crippen LogP contribution is 2.29. The molecule has 1 fully saturated rings. The predicted octanol–water partition coefficient (Wildman–Crippen LogP) is 3.34. The maximum atomic E-state index is 13.4. The average molecular weight is 265 g/mol. The van der Waals surface area contributed by atoms with Gasteiger partial charge >= 0.3 is 0 Å². The maximum absolute atomic E-state index is 13.4. The van der Waals surface area contributed by atoms with Crippen molar-refractivity contribution in [1.82, 2.24) is 5.32 Å². The maximum Gasteiger partial charge on any atom is 0.123 e. The molecule has 19 heavy (non-hydrogen) atoms. The molecule has 1 saturated heterocycles. The van der Waals surface area contributed by atoms with E-state index in [2.05, 4.69) is 12.2 Å². The number of nitrogens with one attached hydrogen (secondary N) is 1. The Morgan fingerprint density at radius 1 is 1.37 bits per heavy atom. The summed E-state index contributed by atoms with van der Waals surface area (Å²) in [6.07, 6.45) is 3.40. The number of halogens is 1. The van der Waals surface area contributed by atoms with E-state index in [1.165, 1.54) is 6.07 Å². The molecule has 1 unspecified atom stereocenters. The average Bonchev–Trinajstić information content (AvgIpc) is 2.44. The summed E-state index contributed by atoms with van der Waals surface area (Å²) in [7, 11) is 0. The Bertz CT molecular complexity index is 377. The van der Waals surface area contributed by atoms with Crippen LogP contribution in [0.25, 0.3) is 0 Å². The van der Waals surface area contributed by atoms with Gasteiger partial charge in [-0.2, -0.15) is 0 Å². The van der Waals surface area contributed by atoms with Crippen molar-refractivity contribution < 1.29 is 9.13 Å². The highest BCUT2D eigenvalue weighted by molar-refractivity contribution is 5.21. The van der Waals surface area contributed by atoms with Crippen LogP contribution in [0.15, 0.2) is 24.3 Å². The molecule has 1 atom stereocenters. The largest absolute Gasteiger partial charge is 0.381 e. The van der Waals surface area contributed by atoms with Crippen LogP contribution in [0.5, 0.6) is 0 Å². The first-order valence-electron chi connectivity index (χ1n) is 7.33. The van der Waals surface area contributed by atoms with Gasteiger partial charge in [0.1, 0.15) is 5.82 Å². The van der Waals surface area contributed by atoms with Crippen molar-refractivity contribution in [3.05, 3.63) is 35.6 Å². The van der Waals surface area contributed by atoms with Gasteiger partial charge in [0.25, 0.3) is 0 Å². The van der Waals surface area contributed by atoms with Gasteiger partial charge in [0.2, 0.25) is 0 Å². The third-order valence-corrected chi connectivity index (χ3v) is 3.92. The molecule has 1 aromatic rings. The monoisotopic (exact) mass is 265 g/mol. The predicted molar refractivity (Wildman–Crippen MR) is 75.8 cm³/mol. The molecule has 1 aliphatic heterocycles. The van der Waals surface area contributed by atoms with Crippen LogP contribution in [0.3, 0.4) is 0 Å². The molecule has 1 aliphatic rings. The summed E-state index contributed by atoms with van der Waals surface area (Å²) < 4.78 is 18.8. The van der Waals surface area contributed by atoms with Crippen molar-refractivity contribution in [2.45, 2.75) is 32.1 Å². The lowest BCUT2D eigenvalue weighted by molar-refractivity contribution is 0.0616. The van der Waals surface area contributed by atoms with Crippen LogP contribution >= 0.6 is 0 Å². The zero-order chi connectivity index (χ0) is 13.5. The van der Waals surface area contributed by atoms with Crippen LogP contribution in [0.1, 0.15) is 37.7 Å². The Kier molecular flexibility index (Phi) is 5.80. The van der Waals surface area contributed by atoms with E-state index in [1.807, 2.05) is 12.1 Å². The van der Waals surface area contributed by atoms with Crippen LogP contribution in [0.4, 0.5) is 4.39 Å². The number of benzene rings is 1. The van der Waals surface area contributed by atoms with E-state index < -0.39 is 0 Å². The third-order valence-electron chi connectivity index (χ3n) is 3.92. The lowest BCUT2D eigenvalue weighted by Gasteiger charge is -2.27. The van der Waals surface area contributed by atoms with E-state index in [9.17, 15) is 4.39 Å². The standard InChI is InChI=1S/C16H24FNO/c1-2-18-12-15(10-13-6-8-19-9-7-13)14-4-3-5-16(17)11-14/h3-5,11,13,15,18H,2,6-10,12H2,1H3. The summed E-state index contributed by atoms with van der Waals surface area (Å²) in [6, 6.07) is 7.06. The fourth-order valence-electron chi connectivity index (χ4n) is 2.80. The highest BCUT2D eigenvalue weighted by atomic mass is 19.1. The van der Waals surface area contributed by atoms with Crippen molar-refractivity contribution in [1.29, 1.82) is 0 Å². The molecule has 1 aromatic carbocycles. The van der Waals surface area contributed by atoms with Crippen LogP contribution in [-0.4, -0.2) is 26.3 Å². The van der Waals surface area contributed by atoms with E-state index in [4.69, 9.17) is 4.74 Å². The molecule has 2 nitrogen and oxygen atoms in total. The molecule has 0 aromatic heterocycles. The molecular weight excluding hydrogens is 241 g/mol. The Hall–Kier alpha value is -0.930. The number of likely N-dealkylation sites (N-methyl/N-ethyl adjacent to an activating group) is 1. The van der Waals surface area contributed by atoms with Crippen molar-refractivity contribution >= 4 is 0 Å². The molecule has 2 rings (SSSR count). The second kappa shape index (κ2) is 7.61. The summed E-state index contributed by atoms with van der Waals surface area (Å²) in [4.78, 5) is 0. The van der Waals surface area contributed by atoms with Gasteiger partial charge in [0.05, 0.1) is 0 Å². The first kappa shape index (κ1) is 14.5. The van der Waals surface area contributed by atoms with Gasteiger partial charge < -0.3 is 10.1 Å². The van der Waals surface area contributed by atoms with E-state index in [0.29, 0.717) is 11.8 Å². The second-order valence-electron chi connectivity index (χ2n) is 5.35. The topological polar surface area (TPSA) is 21.3 Å². The first-order valence-corrected chi connectivity index (χ1v) is 7.33. The van der Waals surface area contributed by atoms with Crippen molar-refractivity contribution in [2.24, 2.45) is 5.92 Å². The molecule has 0 spiro atoms. The van der Waals surface area contributed by atoms with Crippen LogP contribution in [0, 0.1) is 11.7 Å². The van der Waals surface area contributed by atoms with Crippen LogP contribution in [-0.2, 0) is 4.74 Å². The number of rotatable bonds is 6. The fourth-order valence-corrected chi connectivity index (χ4v) is 2.80. The zero-order valence-electron chi connectivity index (χ0n) is 11.7. The summed E-state index contributed by atoms with van der Waals surface area (Å²) in [5.74, 6) is 0.977. The second-order valence-corrected chi connectivity index (χ2v) is 5.35. The lowest BCUT2D eigenvalue weighted by atomic mass is 9.85. The quantitative estimate of drug-likeness (QED) is 0.852. The van der Waals surface area contributed by atoms with E-state index in [0.717, 1.165) is 51.1 Å². The smallest absolute Gasteiger partial charge is 0.123 e. The van der Waals surface area contributed by atoms with Gasteiger partial charge in [-0.3, -0.25) is 0 Å². The van der Waals surface area contributed by atoms with E-state index in [-0.39, 0.29) is 5.82 Å². The number of hydrogen-bond donors (Lipinski definition) is 1. The molecule has 3 heteroatoms. The first-order chi connectivity index (χ1) is 9.29. The zero-order valence-corrected chi connectivity index (χ0v) is 11.7. The van der Waals surface area contributed by atoms with E-state index >= 15 is 0 Å². The summed E-state index contributed by atoms with van der Waals surface area (Å²) in [5, 5.41) is 3.40. The molecule has 0 bridgehead atoms. The van der Waals surface area contributed by atoms with Gasteiger partial charge in [-0.15, -0.1) is 0 Å². The molecule has 106 valence electrons. The Labute approximate surface area is 115 Å². The number of ether oxygens (including phenoxy) is 1. The van der Waals surface area contributed by atoms with Crippen LogP contribution in [0.2, 0.25) is 0 Å². The molecule has 1 N–H and O–H groups in total. The summed E-state index contributed by atoms with van der Waals surface area (Å²) in [6.45, 7) is 5.75. The van der Waals surface area contributed by atoms with Crippen LogP contribution < -0.4 is 5.32 Å². The van der Waals surface area contributed by atoms with Crippen molar-refractivity contribution in [3.63, 3.8) is 0 Å². The fraction of sp³-hybridized carbons (Fsp3) is 0.625. The van der Waals surface area contributed by atoms with Crippen molar-refractivity contribution in [2.75, 3.05) is 26.3 Å². The lowest BCUT2D eigenvalue weighted by Crippen LogP contribution is -2.25. The SMILES string of the molecule is CCNCC(CC1CCOCC1)c1cccc(F)c1. The molecule has 0 saturated carbocycles. The van der Waals surface area contributed by atoms with Gasteiger partial charge in [0.15, 0.2) is 0 Å². The molecule has 0 amide bonds. The van der Waals surface area contributed by atoms with Gasteiger partial charge in [-0.05, 0) is 55.3 Å². The Morgan fingerprint density at radius 3 is 2.84 bits per heavy atom. The molecule has 1 heterocycles. The Morgan fingerprint density at radius 2 is 2.16 bits per heavy atom. The molecule has 0 aliphatic carbocycles. The summed E-state index contributed by atoms with van der Waals surface area (Å²) >= 11 is 0. The number of hydrogen-bond acceptors (Lipinski definition) is 2. The third kappa shape index (κ3) is 4.59. The minimum atomic E-state index is -0.133. The highest BCUT2D eigenvalue weighted by Gasteiger charge is 2.20.